The van der Waals surface area contributed by atoms with E-state index in [0.717, 1.165) is 39.0 Å². The third-order valence-corrected chi connectivity index (χ3v) is 6.32. The first-order valence-corrected chi connectivity index (χ1v) is 11.0. The van der Waals surface area contributed by atoms with E-state index in [-0.39, 0.29) is 12.3 Å². The monoisotopic (exact) mass is 478 g/mol. The second kappa shape index (κ2) is 7.93. The van der Waals surface area contributed by atoms with Crippen LogP contribution in [0.3, 0.4) is 0 Å². The smallest absolute Gasteiger partial charge is 0.213 e. The maximum atomic E-state index is 6.45. The van der Waals surface area contributed by atoms with Crippen LogP contribution in [0.1, 0.15) is 40.9 Å². The first-order chi connectivity index (χ1) is 15.1. The molecule has 0 amide bonds. The van der Waals surface area contributed by atoms with E-state index in [0.29, 0.717) is 11.5 Å². The SMILES string of the molecule is COc1ccc(C2=NN3[C@H](C2)c2cc(Br)ccc2O[C@H]3c2ccc(C)cc2)cc1OC. The van der Waals surface area contributed by atoms with E-state index in [9.17, 15) is 0 Å². The highest BCUT2D eigenvalue weighted by atomic mass is 79.9. The fraction of sp³-hybridized carbons (Fsp3) is 0.240. The maximum Gasteiger partial charge on any atom is 0.213 e. The van der Waals surface area contributed by atoms with Crippen molar-refractivity contribution in [2.75, 3.05) is 14.2 Å². The number of rotatable bonds is 4. The Balaban J connectivity index is 1.58. The van der Waals surface area contributed by atoms with Crippen molar-refractivity contribution in [3.05, 3.63) is 87.4 Å². The standard InChI is InChI=1S/C25H23BrN2O3/c1-15-4-6-16(7-5-15)25-28-21(19-13-18(26)9-11-22(19)31-25)14-20(27-28)17-8-10-23(29-2)24(12-17)30-3/h4-13,21,25H,14H2,1-3H3/t21-,25+/m1/s1. The lowest BCUT2D eigenvalue weighted by Crippen LogP contribution is -2.33. The van der Waals surface area contributed by atoms with Gasteiger partial charge in [-0.1, -0.05) is 45.8 Å². The zero-order chi connectivity index (χ0) is 21.5. The Bertz CT molecular complexity index is 1160. The molecule has 0 spiro atoms. The number of benzene rings is 3. The number of nitrogens with zero attached hydrogens (tertiary/aromatic N) is 2. The van der Waals surface area contributed by atoms with E-state index in [1.54, 1.807) is 14.2 Å². The van der Waals surface area contributed by atoms with Gasteiger partial charge in [0.15, 0.2) is 11.5 Å². The van der Waals surface area contributed by atoms with Crippen LogP contribution in [0, 0.1) is 6.92 Å². The van der Waals surface area contributed by atoms with E-state index in [1.807, 2.05) is 30.3 Å². The topological polar surface area (TPSA) is 43.3 Å². The summed E-state index contributed by atoms with van der Waals surface area (Å²) in [6.07, 6.45) is 0.502. The van der Waals surface area contributed by atoms with Gasteiger partial charge >= 0.3 is 0 Å². The highest BCUT2D eigenvalue weighted by Crippen LogP contribution is 2.48. The Labute approximate surface area is 190 Å². The summed E-state index contributed by atoms with van der Waals surface area (Å²) in [5, 5.41) is 7.12. The van der Waals surface area contributed by atoms with Crippen LogP contribution in [0.25, 0.3) is 0 Å². The molecule has 0 saturated heterocycles. The Hall–Kier alpha value is -2.99. The summed E-state index contributed by atoms with van der Waals surface area (Å²) in [6.45, 7) is 2.09. The lowest BCUT2D eigenvalue weighted by molar-refractivity contribution is -0.0190. The number of methoxy groups -OCH3 is 2. The van der Waals surface area contributed by atoms with Gasteiger partial charge in [0.1, 0.15) is 5.75 Å². The number of halogens is 1. The highest BCUT2D eigenvalue weighted by Gasteiger charge is 2.41. The molecule has 0 bridgehead atoms. The summed E-state index contributed by atoms with van der Waals surface area (Å²) in [5.41, 5.74) is 5.46. The van der Waals surface area contributed by atoms with Gasteiger partial charge in [-0.25, -0.2) is 5.01 Å². The Morgan fingerprint density at radius 3 is 2.48 bits per heavy atom. The maximum absolute atomic E-state index is 6.45. The molecule has 0 aromatic heterocycles. The van der Waals surface area contributed by atoms with Gasteiger partial charge in [-0.05, 0) is 43.3 Å². The van der Waals surface area contributed by atoms with Crippen LogP contribution in [0.15, 0.2) is 70.2 Å². The van der Waals surface area contributed by atoms with Gasteiger partial charge in [-0.15, -0.1) is 0 Å². The molecule has 0 fully saturated rings. The van der Waals surface area contributed by atoms with Crippen molar-refractivity contribution in [1.82, 2.24) is 5.01 Å². The van der Waals surface area contributed by atoms with Crippen molar-refractivity contribution >= 4 is 21.6 Å². The lowest BCUT2D eigenvalue weighted by Gasteiger charge is -2.38. The molecule has 2 aliphatic heterocycles. The molecule has 31 heavy (non-hydrogen) atoms. The van der Waals surface area contributed by atoms with Crippen LogP contribution >= 0.6 is 15.9 Å². The van der Waals surface area contributed by atoms with E-state index < -0.39 is 0 Å². The average molecular weight is 479 g/mol. The third-order valence-electron chi connectivity index (χ3n) is 5.83. The minimum Gasteiger partial charge on any atom is -0.493 e. The van der Waals surface area contributed by atoms with E-state index >= 15 is 0 Å². The molecule has 2 heterocycles. The predicted molar refractivity (Wildman–Crippen MR) is 124 cm³/mol. The van der Waals surface area contributed by atoms with Gasteiger partial charge in [-0.2, -0.15) is 5.10 Å². The first kappa shape index (κ1) is 19.9. The number of ether oxygens (including phenoxy) is 3. The molecule has 5 nitrogen and oxygen atoms in total. The summed E-state index contributed by atoms with van der Waals surface area (Å²) in [7, 11) is 3.29. The molecule has 6 heteroatoms. The van der Waals surface area contributed by atoms with Gasteiger partial charge in [0.2, 0.25) is 6.23 Å². The number of hydrogen-bond donors (Lipinski definition) is 0. The van der Waals surface area contributed by atoms with Gasteiger partial charge in [0.05, 0.1) is 26.0 Å². The van der Waals surface area contributed by atoms with Gasteiger partial charge in [0.25, 0.3) is 0 Å². The van der Waals surface area contributed by atoms with Crippen molar-refractivity contribution in [3.63, 3.8) is 0 Å². The van der Waals surface area contributed by atoms with Gasteiger partial charge in [0, 0.05) is 27.6 Å². The summed E-state index contributed by atoms with van der Waals surface area (Å²) >= 11 is 3.61. The number of hydrazone groups is 1. The van der Waals surface area contributed by atoms with Crippen LogP contribution in [0.2, 0.25) is 0 Å². The molecule has 158 valence electrons. The van der Waals surface area contributed by atoms with Crippen LogP contribution in [-0.4, -0.2) is 24.9 Å². The van der Waals surface area contributed by atoms with Crippen LogP contribution in [0.5, 0.6) is 17.2 Å². The van der Waals surface area contributed by atoms with Crippen molar-refractivity contribution in [1.29, 1.82) is 0 Å². The Kier molecular flexibility index (Phi) is 5.10. The Morgan fingerprint density at radius 1 is 0.968 bits per heavy atom. The van der Waals surface area contributed by atoms with Crippen LogP contribution < -0.4 is 14.2 Å². The van der Waals surface area contributed by atoms with Crippen molar-refractivity contribution in [3.8, 4) is 17.2 Å². The molecule has 0 aliphatic carbocycles. The zero-order valence-corrected chi connectivity index (χ0v) is 19.2. The Morgan fingerprint density at radius 2 is 1.74 bits per heavy atom. The number of fused-ring (bicyclic) bond motifs is 3. The van der Waals surface area contributed by atoms with E-state index in [2.05, 4.69) is 58.2 Å². The molecule has 3 aromatic rings. The predicted octanol–water partition coefficient (Wildman–Crippen LogP) is 6.02. The fourth-order valence-corrected chi connectivity index (χ4v) is 4.58. The molecule has 0 N–H and O–H groups in total. The quantitative estimate of drug-likeness (QED) is 0.459. The number of hydrogen-bond acceptors (Lipinski definition) is 5. The molecule has 0 radical (unpaired) electrons. The second-order valence-corrected chi connectivity index (χ2v) is 8.70. The molecule has 0 saturated carbocycles. The van der Waals surface area contributed by atoms with E-state index in [4.69, 9.17) is 19.3 Å². The number of aryl methyl sites for hydroxylation is 1. The molecule has 2 aliphatic rings. The first-order valence-electron chi connectivity index (χ1n) is 10.2. The van der Waals surface area contributed by atoms with Gasteiger partial charge < -0.3 is 14.2 Å². The molecule has 3 aromatic carbocycles. The molecular formula is C25H23BrN2O3. The van der Waals surface area contributed by atoms with E-state index in [1.165, 1.54) is 5.56 Å². The van der Waals surface area contributed by atoms with Crippen molar-refractivity contribution < 1.29 is 14.2 Å². The van der Waals surface area contributed by atoms with Crippen molar-refractivity contribution in [2.45, 2.75) is 25.6 Å². The second-order valence-electron chi connectivity index (χ2n) is 7.78. The molecule has 0 unspecified atom stereocenters. The molecular weight excluding hydrogens is 456 g/mol. The average Bonchev–Trinajstić information content (AvgIpc) is 3.24. The minimum atomic E-state index is -0.281. The summed E-state index contributed by atoms with van der Waals surface area (Å²) < 4.78 is 18.4. The summed E-state index contributed by atoms with van der Waals surface area (Å²) in [5.74, 6) is 2.30. The lowest BCUT2D eigenvalue weighted by atomic mass is 9.95. The highest BCUT2D eigenvalue weighted by molar-refractivity contribution is 9.10. The zero-order valence-electron chi connectivity index (χ0n) is 17.6. The summed E-state index contributed by atoms with van der Waals surface area (Å²) in [6, 6.07) is 20.7. The van der Waals surface area contributed by atoms with Gasteiger partial charge in [-0.3, -0.25) is 0 Å². The summed E-state index contributed by atoms with van der Waals surface area (Å²) in [4.78, 5) is 0. The molecule has 2 atom stereocenters. The largest absolute Gasteiger partial charge is 0.493 e. The third kappa shape index (κ3) is 3.55. The fourth-order valence-electron chi connectivity index (χ4n) is 4.20. The van der Waals surface area contributed by atoms with Crippen molar-refractivity contribution in [2.24, 2.45) is 5.10 Å². The van der Waals surface area contributed by atoms with Crippen LogP contribution in [0.4, 0.5) is 0 Å². The minimum absolute atomic E-state index is 0.0932. The van der Waals surface area contributed by atoms with Crippen LogP contribution in [-0.2, 0) is 0 Å². The molecule has 5 rings (SSSR count). The normalized spacial score (nSPS) is 19.2.